The van der Waals surface area contributed by atoms with E-state index in [4.69, 9.17) is 4.42 Å². The summed E-state index contributed by atoms with van der Waals surface area (Å²) in [5.41, 5.74) is 3.39. The van der Waals surface area contributed by atoms with Crippen LogP contribution in [0.4, 0.5) is 5.69 Å². The summed E-state index contributed by atoms with van der Waals surface area (Å²) in [4.78, 5) is 47.6. The number of carbonyl (C=O) groups excluding carboxylic acids is 3. The number of nitrogens with zero attached hydrogens (tertiary/aromatic N) is 3. The number of carbonyl (C=O) groups is 3. The summed E-state index contributed by atoms with van der Waals surface area (Å²) in [6.07, 6.45) is 3.21. The van der Waals surface area contributed by atoms with Crippen molar-refractivity contribution in [3.05, 3.63) is 89.1 Å². The van der Waals surface area contributed by atoms with Crippen LogP contribution in [0.2, 0.25) is 0 Å². The van der Waals surface area contributed by atoms with Gasteiger partial charge >= 0.3 is 0 Å². The van der Waals surface area contributed by atoms with Gasteiger partial charge in [0.05, 0.1) is 17.7 Å². The summed E-state index contributed by atoms with van der Waals surface area (Å²) >= 11 is 0. The van der Waals surface area contributed by atoms with Crippen LogP contribution in [-0.4, -0.2) is 32.6 Å². The lowest BCUT2D eigenvalue weighted by Crippen LogP contribution is -2.29. The van der Waals surface area contributed by atoms with Gasteiger partial charge in [-0.05, 0) is 54.1 Å². The van der Waals surface area contributed by atoms with Gasteiger partial charge in [-0.2, -0.15) is 0 Å². The predicted octanol–water partition coefficient (Wildman–Crippen LogP) is 3.58. The van der Waals surface area contributed by atoms with Gasteiger partial charge in [0.1, 0.15) is 5.52 Å². The van der Waals surface area contributed by atoms with Crippen LogP contribution in [0.5, 0.6) is 0 Å². The first-order valence-electron chi connectivity index (χ1n) is 9.57. The Morgan fingerprint density at radius 1 is 1.00 bits per heavy atom. The van der Waals surface area contributed by atoms with Gasteiger partial charge in [0.25, 0.3) is 17.7 Å². The van der Waals surface area contributed by atoms with Crippen LogP contribution >= 0.6 is 0 Å². The van der Waals surface area contributed by atoms with E-state index in [9.17, 15) is 14.4 Å². The predicted molar refractivity (Wildman–Crippen MR) is 112 cm³/mol. The molecule has 1 N–H and O–H groups in total. The summed E-state index contributed by atoms with van der Waals surface area (Å²) < 4.78 is 5.44. The maximum Gasteiger partial charge on any atom is 0.261 e. The van der Waals surface area contributed by atoms with E-state index in [-0.39, 0.29) is 29.1 Å². The van der Waals surface area contributed by atoms with Crippen LogP contribution in [-0.2, 0) is 6.54 Å². The Labute approximate surface area is 176 Å². The average Bonchev–Trinajstić information content (AvgIpc) is 3.26. The minimum atomic E-state index is -0.425. The highest BCUT2D eigenvalue weighted by molar-refractivity contribution is 6.22. The normalized spacial score (nSPS) is 13.0. The molecular formula is C23H16N4O4. The molecule has 0 aliphatic carbocycles. The maximum atomic E-state index is 12.8. The second-order valence-corrected chi connectivity index (χ2v) is 7.18. The molecule has 0 unspecified atom stereocenters. The number of nitrogens with one attached hydrogen (secondary N) is 1. The molecule has 2 aromatic heterocycles. The minimum absolute atomic E-state index is 0.146. The number of hydrogen-bond acceptors (Lipinski definition) is 6. The fourth-order valence-corrected chi connectivity index (χ4v) is 3.57. The molecule has 152 valence electrons. The van der Waals surface area contributed by atoms with Crippen molar-refractivity contribution in [1.29, 1.82) is 0 Å². The number of pyridine rings is 1. The van der Waals surface area contributed by atoms with Gasteiger partial charge in [-0.3, -0.25) is 24.3 Å². The van der Waals surface area contributed by atoms with Crippen LogP contribution in [0, 0.1) is 6.92 Å². The lowest BCUT2D eigenvalue weighted by Gasteiger charge is -2.13. The van der Waals surface area contributed by atoms with E-state index in [1.165, 1.54) is 23.1 Å². The highest BCUT2D eigenvalue weighted by atomic mass is 16.3. The van der Waals surface area contributed by atoms with Crippen LogP contribution in [0.1, 0.15) is 42.5 Å². The van der Waals surface area contributed by atoms with Crippen LogP contribution in [0.3, 0.4) is 0 Å². The molecule has 2 aromatic carbocycles. The van der Waals surface area contributed by atoms with Crippen molar-refractivity contribution in [3.63, 3.8) is 0 Å². The quantitative estimate of drug-likeness (QED) is 0.514. The molecule has 0 radical (unpaired) electrons. The van der Waals surface area contributed by atoms with Gasteiger partial charge in [-0.15, -0.1) is 0 Å². The van der Waals surface area contributed by atoms with Gasteiger partial charge in [0.2, 0.25) is 0 Å². The number of anilines is 1. The maximum absolute atomic E-state index is 12.8. The Bertz CT molecular complexity index is 1360. The number of aryl methyl sites for hydroxylation is 1. The molecule has 3 amide bonds. The lowest BCUT2D eigenvalue weighted by molar-refractivity contribution is 0.0642. The first-order chi connectivity index (χ1) is 15.0. The molecule has 8 heteroatoms. The van der Waals surface area contributed by atoms with Gasteiger partial charge in [0.15, 0.2) is 11.5 Å². The standard InChI is InChI=1S/C23H16N4O4/c1-13-25-19-11-16(3-5-20(19)31-13)26-21(28)15-2-4-17-18(10-15)23(30)27(22(17)29)12-14-6-8-24-9-7-14/h2-11H,12H2,1H3,(H,26,28). The summed E-state index contributed by atoms with van der Waals surface area (Å²) in [7, 11) is 0. The van der Waals surface area contributed by atoms with Crippen molar-refractivity contribution in [2.24, 2.45) is 0 Å². The second-order valence-electron chi connectivity index (χ2n) is 7.18. The van der Waals surface area contributed by atoms with Crippen molar-refractivity contribution in [1.82, 2.24) is 14.9 Å². The molecule has 5 rings (SSSR count). The SMILES string of the molecule is Cc1nc2cc(NC(=O)c3ccc4c(c3)C(=O)N(Cc3ccncc3)C4=O)ccc2o1. The van der Waals surface area contributed by atoms with E-state index in [2.05, 4.69) is 15.3 Å². The monoisotopic (exact) mass is 412 g/mol. The van der Waals surface area contributed by atoms with Gasteiger partial charge in [-0.1, -0.05) is 0 Å². The number of rotatable bonds is 4. The largest absolute Gasteiger partial charge is 0.441 e. The first-order valence-corrected chi connectivity index (χ1v) is 9.57. The third-order valence-corrected chi connectivity index (χ3v) is 5.08. The van der Waals surface area contributed by atoms with Crippen molar-refractivity contribution < 1.29 is 18.8 Å². The molecule has 4 aromatic rings. The van der Waals surface area contributed by atoms with E-state index >= 15 is 0 Å². The Kier molecular flexibility index (Phi) is 4.32. The zero-order valence-electron chi connectivity index (χ0n) is 16.5. The molecule has 8 nitrogen and oxygen atoms in total. The molecular weight excluding hydrogens is 396 g/mol. The van der Waals surface area contributed by atoms with Crippen molar-refractivity contribution in [2.75, 3.05) is 5.32 Å². The van der Waals surface area contributed by atoms with Crippen molar-refractivity contribution in [2.45, 2.75) is 13.5 Å². The number of oxazole rings is 1. The fourth-order valence-electron chi connectivity index (χ4n) is 3.57. The van der Waals surface area contributed by atoms with E-state index in [1.807, 2.05) is 0 Å². The fraction of sp³-hybridized carbons (Fsp3) is 0.0870. The molecule has 0 atom stereocenters. The number of fused-ring (bicyclic) bond motifs is 2. The number of imide groups is 1. The molecule has 31 heavy (non-hydrogen) atoms. The topological polar surface area (TPSA) is 105 Å². The molecule has 0 bridgehead atoms. The summed E-state index contributed by atoms with van der Waals surface area (Å²) in [6, 6.07) is 13.1. The number of hydrogen-bond donors (Lipinski definition) is 1. The van der Waals surface area contributed by atoms with E-state index in [0.29, 0.717) is 22.7 Å². The smallest absolute Gasteiger partial charge is 0.261 e. The van der Waals surface area contributed by atoms with Crippen molar-refractivity contribution in [3.8, 4) is 0 Å². The third-order valence-electron chi connectivity index (χ3n) is 5.08. The van der Waals surface area contributed by atoms with Crippen LogP contribution < -0.4 is 5.32 Å². The molecule has 0 spiro atoms. The highest BCUT2D eigenvalue weighted by Gasteiger charge is 2.36. The van der Waals surface area contributed by atoms with E-state index < -0.39 is 11.8 Å². The van der Waals surface area contributed by atoms with E-state index in [0.717, 1.165) is 5.56 Å². The molecule has 1 aliphatic heterocycles. The lowest BCUT2D eigenvalue weighted by atomic mass is 10.1. The van der Waals surface area contributed by atoms with Crippen molar-refractivity contribution >= 4 is 34.5 Å². The first kappa shape index (κ1) is 18.7. The summed E-state index contributed by atoms with van der Waals surface area (Å²) in [5, 5.41) is 2.79. The Balaban J connectivity index is 1.38. The number of amides is 3. The van der Waals surface area contributed by atoms with Crippen LogP contribution in [0.25, 0.3) is 11.1 Å². The second kappa shape index (κ2) is 7.17. The summed E-state index contributed by atoms with van der Waals surface area (Å²) in [6.45, 7) is 1.90. The molecule has 1 aliphatic rings. The van der Waals surface area contributed by atoms with E-state index in [1.54, 1.807) is 49.6 Å². The van der Waals surface area contributed by atoms with Gasteiger partial charge < -0.3 is 9.73 Å². The zero-order valence-corrected chi connectivity index (χ0v) is 16.5. The van der Waals surface area contributed by atoms with Crippen LogP contribution in [0.15, 0.2) is 65.3 Å². The average molecular weight is 412 g/mol. The highest BCUT2D eigenvalue weighted by Crippen LogP contribution is 2.26. The minimum Gasteiger partial charge on any atom is -0.441 e. The molecule has 3 heterocycles. The Hall–Kier alpha value is -4.33. The Morgan fingerprint density at radius 2 is 1.77 bits per heavy atom. The molecule has 0 saturated carbocycles. The number of benzene rings is 2. The zero-order chi connectivity index (χ0) is 21.5. The molecule has 0 fully saturated rings. The number of aromatic nitrogens is 2. The van der Waals surface area contributed by atoms with Gasteiger partial charge in [-0.25, -0.2) is 4.98 Å². The Morgan fingerprint density at radius 3 is 2.58 bits per heavy atom. The summed E-state index contributed by atoms with van der Waals surface area (Å²) in [5.74, 6) is -0.659. The molecule has 0 saturated heterocycles. The third kappa shape index (κ3) is 3.33. The van der Waals surface area contributed by atoms with Gasteiger partial charge in [0, 0.05) is 30.6 Å².